The minimum atomic E-state index is 0. The zero-order valence-corrected chi connectivity index (χ0v) is 18.9. The Morgan fingerprint density at radius 3 is 2.26 bits per heavy atom. The molecule has 1 saturated heterocycles. The molecule has 3 heteroatoms. The van der Waals surface area contributed by atoms with Crippen LogP contribution in [0.25, 0.3) is 0 Å². The van der Waals surface area contributed by atoms with E-state index in [0.29, 0.717) is 6.10 Å². The van der Waals surface area contributed by atoms with Crippen LogP contribution in [0.5, 0.6) is 0 Å². The van der Waals surface area contributed by atoms with Gasteiger partial charge in [0.2, 0.25) is 0 Å². The second-order valence-electron chi connectivity index (χ2n) is 4.75. The van der Waals surface area contributed by atoms with Crippen LogP contribution >= 0.6 is 0 Å². The molecule has 2 unspecified atom stereocenters. The van der Waals surface area contributed by atoms with Gasteiger partial charge in [0.1, 0.15) is 0 Å². The maximum atomic E-state index is 8.93. The number of rotatable bonds is 3. The molecule has 2 rings (SSSR count). The van der Waals surface area contributed by atoms with Gasteiger partial charge in [-0.3, -0.25) is 0 Å². The molecule has 0 saturated carbocycles. The fraction of sp³-hybridized carbons (Fsp3) is 0.625. The number of benzene rings is 1. The van der Waals surface area contributed by atoms with Crippen molar-refractivity contribution < 1.29 is 78.7 Å². The van der Waals surface area contributed by atoms with Crippen molar-refractivity contribution in [3.63, 3.8) is 0 Å². The van der Waals surface area contributed by atoms with Crippen molar-refractivity contribution in [3.05, 3.63) is 35.9 Å². The third kappa shape index (κ3) is 8.27. The molecule has 0 aliphatic carbocycles. The van der Waals surface area contributed by atoms with Gasteiger partial charge in [0, 0.05) is 0 Å². The summed E-state index contributed by atoms with van der Waals surface area (Å²) in [6.45, 7) is 4.77. The van der Waals surface area contributed by atoms with E-state index in [1.165, 1.54) is 31.2 Å². The molecule has 2 atom stereocenters. The minimum Gasteiger partial charge on any atom is -0.855 e. The molecule has 0 aromatic heterocycles. The van der Waals surface area contributed by atoms with Gasteiger partial charge in [-0.05, 0) is 30.7 Å². The van der Waals surface area contributed by atoms with E-state index in [1.54, 1.807) is 6.92 Å². The monoisotopic (exact) mass is 382 g/mol. The third-order valence-corrected chi connectivity index (χ3v) is 3.24. The summed E-state index contributed by atoms with van der Waals surface area (Å²) in [5, 5.41) is 8.93. The molecule has 2 nitrogen and oxygen atoms in total. The summed E-state index contributed by atoms with van der Waals surface area (Å²) < 4.78 is 5.93. The molecule has 0 amide bonds. The van der Waals surface area contributed by atoms with Crippen LogP contribution < -0.4 is 74.0 Å². The van der Waals surface area contributed by atoms with Crippen molar-refractivity contribution >= 4 is 0 Å². The van der Waals surface area contributed by atoms with Crippen LogP contribution in [0.2, 0.25) is 0 Å². The first-order chi connectivity index (χ1) is 8.81. The minimum absolute atomic E-state index is 0. The average molecular weight is 382 g/mol. The molecule has 1 aromatic carbocycles. The van der Waals surface area contributed by atoms with E-state index in [9.17, 15) is 0 Å². The largest absolute Gasteiger partial charge is 1.00 e. The Labute approximate surface area is 176 Å². The van der Waals surface area contributed by atoms with Crippen molar-refractivity contribution in [2.24, 2.45) is 5.92 Å². The molecule has 1 aromatic rings. The normalized spacial score (nSPS) is 21.8. The zero-order valence-electron chi connectivity index (χ0n) is 12.6. The Morgan fingerprint density at radius 1 is 1.16 bits per heavy atom. The Morgan fingerprint density at radius 2 is 1.79 bits per heavy atom. The molecule has 0 bridgehead atoms. The predicted octanol–water partition coefficient (Wildman–Crippen LogP) is 0.325. The molecule has 1 heterocycles. The van der Waals surface area contributed by atoms with Crippen molar-refractivity contribution in [2.45, 2.75) is 45.6 Å². The summed E-state index contributed by atoms with van der Waals surface area (Å²) in [5.41, 5.74) is 1.34. The Balaban J connectivity index is 0.000000742. The van der Waals surface area contributed by atoms with Gasteiger partial charge in [-0.25, -0.2) is 0 Å². The molecule has 19 heavy (non-hydrogen) atoms. The SMILES string of the molecule is CCCC1CCC(c2ccccc2)OC1.CC[O-].[Cs+]. The summed E-state index contributed by atoms with van der Waals surface area (Å²) in [5.74, 6) is 0.801. The van der Waals surface area contributed by atoms with Gasteiger partial charge < -0.3 is 9.84 Å². The third-order valence-electron chi connectivity index (χ3n) is 3.24. The van der Waals surface area contributed by atoms with Crippen LogP contribution in [-0.4, -0.2) is 13.2 Å². The fourth-order valence-electron chi connectivity index (χ4n) is 2.37. The predicted molar refractivity (Wildman–Crippen MR) is 73.3 cm³/mol. The number of hydrogen-bond donors (Lipinski definition) is 0. The van der Waals surface area contributed by atoms with Gasteiger partial charge in [-0.15, -0.1) is 6.61 Å². The summed E-state index contributed by atoms with van der Waals surface area (Å²) in [6, 6.07) is 10.6. The van der Waals surface area contributed by atoms with Crippen molar-refractivity contribution in [1.82, 2.24) is 0 Å². The smallest absolute Gasteiger partial charge is 0.855 e. The van der Waals surface area contributed by atoms with Crippen LogP contribution in [0.4, 0.5) is 0 Å². The first-order valence-electron chi connectivity index (χ1n) is 7.06. The summed E-state index contributed by atoms with van der Waals surface area (Å²) in [6.07, 6.45) is 5.47. The van der Waals surface area contributed by atoms with E-state index in [2.05, 4.69) is 37.3 Å². The van der Waals surface area contributed by atoms with Crippen LogP contribution in [0.15, 0.2) is 30.3 Å². The Hall–Kier alpha value is 1.19. The van der Waals surface area contributed by atoms with Gasteiger partial charge in [0.25, 0.3) is 0 Å². The Kier molecular flexibility index (Phi) is 13.7. The zero-order chi connectivity index (χ0) is 13.2. The molecule has 102 valence electrons. The van der Waals surface area contributed by atoms with Gasteiger partial charge >= 0.3 is 68.9 Å². The van der Waals surface area contributed by atoms with E-state index in [0.717, 1.165) is 12.5 Å². The van der Waals surface area contributed by atoms with Crippen molar-refractivity contribution in [1.29, 1.82) is 0 Å². The first-order valence-corrected chi connectivity index (χ1v) is 7.06. The number of hydrogen-bond acceptors (Lipinski definition) is 2. The maximum Gasteiger partial charge on any atom is 1.00 e. The van der Waals surface area contributed by atoms with E-state index >= 15 is 0 Å². The van der Waals surface area contributed by atoms with Crippen molar-refractivity contribution in [2.75, 3.05) is 13.2 Å². The molecular weight excluding hydrogens is 357 g/mol. The number of ether oxygens (including phenoxy) is 1. The second kappa shape index (κ2) is 12.9. The summed E-state index contributed by atoms with van der Waals surface area (Å²) in [4.78, 5) is 0. The van der Waals surface area contributed by atoms with E-state index in [-0.39, 0.29) is 75.5 Å². The molecule has 1 aliphatic rings. The van der Waals surface area contributed by atoms with Gasteiger partial charge in [0.15, 0.2) is 0 Å². The quantitative estimate of drug-likeness (QED) is 0.755. The van der Waals surface area contributed by atoms with E-state index in [1.807, 2.05) is 0 Å². The van der Waals surface area contributed by atoms with Crippen LogP contribution in [0.3, 0.4) is 0 Å². The average Bonchev–Trinajstić information content (AvgIpc) is 2.42. The Bertz CT molecular complexity index is 295. The van der Waals surface area contributed by atoms with E-state index < -0.39 is 0 Å². The van der Waals surface area contributed by atoms with Crippen LogP contribution in [-0.2, 0) is 4.74 Å². The van der Waals surface area contributed by atoms with Gasteiger partial charge in [-0.1, -0.05) is 50.6 Å². The van der Waals surface area contributed by atoms with Gasteiger partial charge in [0.05, 0.1) is 12.7 Å². The molecule has 1 aliphatic heterocycles. The summed E-state index contributed by atoms with van der Waals surface area (Å²) >= 11 is 0. The van der Waals surface area contributed by atoms with Crippen LogP contribution in [0, 0.1) is 5.92 Å². The molecule has 0 radical (unpaired) electrons. The first kappa shape index (κ1) is 20.2. The van der Waals surface area contributed by atoms with Gasteiger partial charge in [-0.2, -0.15) is 0 Å². The fourth-order valence-corrected chi connectivity index (χ4v) is 2.37. The van der Waals surface area contributed by atoms with Crippen molar-refractivity contribution in [3.8, 4) is 0 Å². The van der Waals surface area contributed by atoms with E-state index in [4.69, 9.17) is 9.84 Å². The standard InChI is InChI=1S/C14H20O.C2H5O.Cs/c1-2-6-12-9-10-14(15-11-12)13-7-4-3-5-8-13;1-2-3;/h3-5,7-8,12,14H,2,6,9-11H2,1H3;2H2,1H3;/q;-1;+1. The summed E-state index contributed by atoms with van der Waals surface area (Å²) in [7, 11) is 0. The maximum absolute atomic E-state index is 8.93. The molecule has 0 N–H and O–H groups in total. The topological polar surface area (TPSA) is 32.3 Å². The molecular formula is C16H25CsO2. The second-order valence-corrected chi connectivity index (χ2v) is 4.75. The molecule has 0 spiro atoms. The van der Waals surface area contributed by atoms with Crippen LogP contribution in [0.1, 0.15) is 51.2 Å². The molecule has 1 fully saturated rings.